The molecule has 1 aromatic heterocycles. The number of fused-ring (bicyclic) bond motifs is 3. The van der Waals surface area contributed by atoms with Crippen molar-refractivity contribution in [3.8, 4) is 45.4 Å². The zero-order valence-corrected chi connectivity index (χ0v) is 21.6. The van der Waals surface area contributed by atoms with Gasteiger partial charge in [0.1, 0.15) is 34.0 Å². The molecule has 0 fully saturated rings. The first-order valence-electron chi connectivity index (χ1n) is 12.0. The van der Waals surface area contributed by atoms with Gasteiger partial charge in [-0.1, -0.05) is 6.07 Å². The van der Waals surface area contributed by atoms with Gasteiger partial charge in [-0.25, -0.2) is 4.79 Å². The van der Waals surface area contributed by atoms with Crippen LogP contribution in [0.25, 0.3) is 44.4 Å². The van der Waals surface area contributed by atoms with Crippen molar-refractivity contribution in [3.63, 3.8) is 0 Å². The van der Waals surface area contributed by atoms with Gasteiger partial charge in [0, 0.05) is 52.2 Å². The molecule has 2 N–H and O–H groups in total. The van der Waals surface area contributed by atoms with E-state index in [0.29, 0.717) is 44.6 Å². The van der Waals surface area contributed by atoms with E-state index >= 15 is 0 Å². The van der Waals surface area contributed by atoms with Crippen LogP contribution in [-0.2, 0) is 0 Å². The molecule has 11 heteroatoms. The van der Waals surface area contributed by atoms with Crippen LogP contribution in [0.5, 0.6) is 23.0 Å². The van der Waals surface area contributed by atoms with Gasteiger partial charge in [0.05, 0.1) is 19.1 Å². The zero-order valence-electron chi connectivity index (χ0n) is 21.6. The van der Waals surface area contributed by atoms with E-state index in [4.69, 9.17) is 18.3 Å². The third kappa shape index (κ3) is 5.11. The first kappa shape index (κ1) is 26.8. The lowest BCUT2D eigenvalue weighted by atomic mass is 9.92. The van der Waals surface area contributed by atoms with E-state index in [-0.39, 0.29) is 33.9 Å². The zero-order chi connectivity index (χ0) is 29.3. The quantitative estimate of drug-likeness (QED) is 0.119. The Morgan fingerprint density at radius 1 is 0.780 bits per heavy atom. The molecule has 2 heterocycles. The Kier molecular flexibility index (Phi) is 7.00. The second kappa shape index (κ2) is 10.7. The lowest BCUT2D eigenvalue weighted by molar-refractivity contribution is -0.384. The van der Waals surface area contributed by atoms with Crippen LogP contribution in [0, 0.1) is 10.1 Å². The van der Waals surface area contributed by atoms with Gasteiger partial charge >= 0.3 is 5.63 Å². The lowest BCUT2D eigenvalue weighted by Gasteiger charge is -2.17. The number of ether oxygens (including phenoxy) is 2. The van der Waals surface area contributed by atoms with E-state index in [0.717, 1.165) is 0 Å². The summed E-state index contributed by atoms with van der Waals surface area (Å²) >= 11 is 0. The topological polar surface area (TPSA) is 162 Å². The monoisotopic (exact) mass is 555 g/mol. The van der Waals surface area contributed by atoms with E-state index in [1.807, 2.05) is 0 Å². The molecule has 3 aromatic carbocycles. The molecule has 0 saturated carbocycles. The van der Waals surface area contributed by atoms with Gasteiger partial charge in [-0.2, -0.15) is 0 Å². The van der Waals surface area contributed by atoms with Crippen molar-refractivity contribution >= 4 is 27.6 Å². The summed E-state index contributed by atoms with van der Waals surface area (Å²) in [6, 6.07) is 19.2. The van der Waals surface area contributed by atoms with Crippen LogP contribution in [0.1, 0.15) is 0 Å². The maximum Gasteiger partial charge on any atom is 0.336 e. The van der Waals surface area contributed by atoms with Crippen molar-refractivity contribution in [2.24, 2.45) is 0 Å². The van der Waals surface area contributed by atoms with Gasteiger partial charge in [-0.15, -0.1) is 0 Å². The number of benzene rings is 4. The van der Waals surface area contributed by atoms with Crippen LogP contribution in [0.2, 0.25) is 0 Å². The fourth-order valence-corrected chi connectivity index (χ4v) is 4.47. The van der Waals surface area contributed by atoms with Crippen LogP contribution in [0.3, 0.4) is 0 Å². The van der Waals surface area contributed by atoms with Crippen LogP contribution in [0.15, 0.2) is 97.3 Å². The van der Waals surface area contributed by atoms with Gasteiger partial charge in [-0.05, 0) is 42.5 Å². The number of phenols is 2. The highest BCUT2D eigenvalue weighted by Gasteiger charge is 2.27. The summed E-state index contributed by atoms with van der Waals surface area (Å²) in [6.07, 6.45) is 0. The van der Waals surface area contributed by atoms with Crippen LogP contribution in [0.4, 0.5) is 5.69 Å². The molecule has 1 aliphatic carbocycles. The smallest absolute Gasteiger partial charge is 0.336 e. The maximum atomic E-state index is 11.8. The number of methoxy groups -OCH3 is 2. The molecule has 0 unspecified atom stereocenters. The Labute approximate surface area is 230 Å². The number of aromatic hydroxyl groups is 2. The summed E-state index contributed by atoms with van der Waals surface area (Å²) in [5.41, 5.74) is 1.10. The SMILES string of the molecule is COc1cc2ccc(=O)oc2cc1O.COc1cccc([N+](=O)[O-])c1-c1c2ccc(=O)cc-2oc2cc(O)ccc12. The van der Waals surface area contributed by atoms with Crippen molar-refractivity contribution in [2.45, 2.75) is 0 Å². The van der Waals surface area contributed by atoms with Gasteiger partial charge in [0.15, 0.2) is 16.9 Å². The van der Waals surface area contributed by atoms with E-state index in [1.165, 1.54) is 56.7 Å². The number of rotatable bonds is 4. The van der Waals surface area contributed by atoms with Gasteiger partial charge in [0.2, 0.25) is 0 Å². The highest BCUT2D eigenvalue weighted by molar-refractivity contribution is 6.05. The number of hydrogen-bond donors (Lipinski definition) is 2. The third-order valence-electron chi connectivity index (χ3n) is 6.27. The molecule has 0 saturated heterocycles. The maximum absolute atomic E-state index is 11.8. The molecule has 1 aliphatic heterocycles. The van der Waals surface area contributed by atoms with E-state index in [1.54, 1.807) is 36.4 Å². The molecule has 2 aliphatic rings. The third-order valence-corrected chi connectivity index (χ3v) is 6.27. The summed E-state index contributed by atoms with van der Waals surface area (Å²) < 4.78 is 20.9. The summed E-state index contributed by atoms with van der Waals surface area (Å²) in [4.78, 5) is 33.9. The first-order chi connectivity index (χ1) is 19.7. The second-order valence-corrected chi connectivity index (χ2v) is 8.74. The Hall–Kier alpha value is -5.84. The van der Waals surface area contributed by atoms with Crippen LogP contribution in [-0.4, -0.2) is 29.4 Å². The van der Waals surface area contributed by atoms with Gasteiger partial charge < -0.3 is 28.5 Å². The average Bonchev–Trinajstić information content (AvgIpc) is 2.95. The minimum absolute atomic E-state index is 0.0237. The van der Waals surface area contributed by atoms with Crippen molar-refractivity contribution in [2.75, 3.05) is 14.2 Å². The largest absolute Gasteiger partial charge is 0.508 e. The Balaban J connectivity index is 0.000000202. The summed E-state index contributed by atoms with van der Waals surface area (Å²) in [7, 11) is 2.89. The van der Waals surface area contributed by atoms with Crippen molar-refractivity contribution in [3.05, 3.63) is 110 Å². The predicted octanol–water partition coefficient (Wildman–Crippen LogP) is 5.69. The van der Waals surface area contributed by atoms with Crippen LogP contribution >= 0.6 is 0 Å². The van der Waals surface area contributed by atoms with E-state index in [2.05, 4.69) is 0 Å². The molecule has 11 nitrogen and oxygen atoms in total. The average molecular weight is 555 g/mol. The predicted molar refractivity (Wildman–Crippen MR) is 150 cm³/mol. The highest BCUT2D eigenvalue weighted by atomic mass is 16.6. The Bertz CT molecular complexity index is 2030. The fourth-order valence-electron chi connectivity index (χ4n) is 4.47. The molecular weight excluding hydrogens is 534 g/mol. The molecular formula is C30H21NO10. The number of phenolic OH excluding ortho intramolecular Hbond substituents is 2. The molecule has 0 amide bonds. The molecule has 0 spiro atoms. The molecule has 206 valence electrons. The summed E-state index contributed by atoms with van der Waals surface area (Å²) in [5, 5.41) is 32.2. The van der Waals surface area contributed by atoms with Gasteiger partial charge in [-0.3, -0.25) is 14.9 Å². The minimum atomic E-state index is -0.484. The molecule has 6 rings (SSSR count). The standard InChI is InChI=1S/C20H13NO6.C10H8O4/c1-26-16-4-2-3-15(21(24)25)20(16)19-13-7-5-11(22)9-17(13)27-18-10-12(23)6-8-14(18)19;1-13-9-4-6-2-3-10(12)14-8(6)5-7(9)11/h2-10,22H,1H3;2-5,11H,1H3. The summed E-state index contributed by atoms with van der Waals surface area (Å²) in [5.74, 6) is 0.859. The van der Waals surface area contributed by atoms with E-state index < -0.39 is 10.5 Å². The lowest BCUT2D eigenvalue weighted by Crippen LogP contribution is -2.02. The minimum Gasteiger partial charge on any atom is -0.508 e. The highest BCUT2D eigenvalue weighted by Crippen LogP contribution is 2.47. The molecule has 4 aromatic rings. The first-order valence-corrected chi connectivity index (χ1v) is 12.0. The summed E-state index contributed by atoms with van der Waals surface area (Å²) in [6.45, 7) is 0. The second-order valence-electron chi connectivity index (χ2n) is 8.74. The Morgan fingerprint density at radius 2 is 1.56 bits per heavy atom. The van der Waals surface area contributed by atoms with Crippen LogP contribution < -0.4 is 20.5 Å². The molecule has 0 bridgehead atoms. The number of nitro benzene ring substituents is 1. The normalized spacial score (nSPS) is 10.8. The fraction of sp³-hybridized carbons (Fsp3) is 0.0667. The molecule has 0 radical (unpaired) electrons. The number of nitro groups is 1. The Morgan fingerprint density at radius 3 is 2.29 bits per heavy atom. The molecule has 0 atom stereocenters. The molecule has 41 heavy (non-hydrogen) atoms. The number of hydrogen-bond acceptors (Lipinski definition) is 10. The van der Waals surface area contributed by atoms with E-state index in [9.17, 15) is 29.9 Å². The van der Waals surface area contributed by atoms with Crippen molar-refractivity contribution in [1.29, 1.82) is 0 Å². The number of nitrogens with zero attached hydrogens (tertiary/aromatic N) is 1. The van der Waals surface area contributed by atoms with Crippen molar-refractivity contribution in [1.82, 2.24) is 0 Å². The van der Waals surface area contributed by atoms with Gasteiger partial charge in [0.25, 0.3) is 5.69 Å². The van der Waals surface area contributed by atoms with Crippen molar-refractivity contribution < 1.29 is 33.4 Å².